The first kappa shape index (κ1) is 10.2. The summed E-state index contributed by atoms with van der Waals surface area (Å²) < 4.78 is 0. The molecule has 0 saturated carbocycles. The smallest absolute Gasteiger partial charge is 0.0800 e. The lowest BCUT2D eigenvalue weighted by molar-refractivity contribution is 0.103. The van der Waals surface area contributed by atoms with E-state index in [4.69, 9.17) is 0 Å². The molecule has 1 atom stereocenters. The van der Waals surface area contributed by atoms with Crippen LogP contribution >= 0.6 is 0 Å². The Morgan fingerprint density at radius 2 is 2.27 bits per heavy atom. The third-order valence-corrected chi connectivity index (χ3v) is 1.75. The molecule has 0 heterocycles. The van der Waals surface area contributed by atoms with E-state index in [0.717, 1.165) is 12.0 Å². The van der Waals surface area contributed by atoms with Crippen LogP contribution in [0, 0.1) is 0 Å². The van der Waals surface area contributed by atoms with E-state index in [1.54, 1.807) is 13.0 Å². The van der Waals surface area contributed by atoms with Crippen LogP contribution < -0.4 is 0 Å². The van der Waals surface area contributed by atoms with Crippen molar-refractivity contribution in [2.75, 3.05) is 0 Å². The van der Waals surface area contributed by atoms with Gasteiger partial charge in [-0.2, -0.15) is 0 Å². The van der Waals surface area contributed by atoms with Crippen LogP contribution in [0.5, 0.6) is 0 Å². The van der Waals surface area contributed by atoms with Gasteiger partial charge in [0, 0.05) is 0 Å². The molecule has 0 fully saturated rings. The van der Waals surface area contributed by atoms with Gasteiger partial charge in [-0.15, -0.1) is 12.3 Å². The molecule has 0 amide bonds. The summed E-state index contributed by atoms with van der Waals surface area (Å²) in [6, 6.07) is 0. The van der Waals surface area contributed by atoms with Gasteiger partial charge in [0.1, 0.15) is 0 Å². The highest BCUT2D eigenvalue weighted by atomic mass is 16.3. The van der Waals surface area contributed by atoms with Gasteiger partial charge in [0.05, 0.1) is 5.60 Å². The average molecular weight is 152 g/mol. The second-order valence-corrected chi connectivity index (χ2v) is 3.02. The van der Waals surface area contributed by atoms with Crippen LogP contribution in [-0.4, -0.2) is 10.7 Å². The fourth-order valence-corrected chi connectivity index (χ4v) is 0.631. The molecule has 11 heavy (non-hydrogen) atoms. The van der Waals surface area contributed by atoms with E-state index in [9.17, 15) is 5.11 Å². The quantitative estimate of drug-likeness (QED) is 0.484. The standard InChI is InChI=1S/C10H16O/c1-5-9(3)7-8-10(4,11)6-2/h6,11H,1-2,7-8H2,3-4H3. The first-order chi connectivity index (χ1) is 5.02. The van der Waals surface area contributed by atoms with E-state index < -0.39 is 5.60 Å². The Hall–Kier alpha value is -0.780. The summed E-state index contributed by atoms with van der Waals surface area (Å²) >= 11 is 0. The molecule has 62 valence electrons. The molecular weight excluding hydrogens is 136 g/mol. The van der Waals surface area contributed by atoms with Crippen molar-refractivity contribution in [3.05, 3.63) is 30.5 Å². The molecule has 0 aliphatic rings. The van der Waals surface area contributed by atoms with Crippen LogP contribution in [-0.2, 0) is 0 Å². The second-order valence-electron chi connectivity index (χ2n) is 3.02. The largest absolute Gasteiger partial charge is 0.386 e. The van der Waals surface area contributed by atoms with Gasteiger partial charge >= 0.3 is 0 Å². The predicted molar refractivity (Wildman–Crippen MR) is 48.4 cm³/mol. The third kappa shape index (κ3) is 4.60. The van der Waals surface area contributed by atoms with Crippen LogP contribution in [0.1, 0.15) is 26.7 Å². The molecule has 0 aliphatic heterocycles. The van der Waals surface area contributed by atoms with Crippen molar-refractivity contribution in [1.29, 1.82) is 0 Å². The molecule has 0 aromatic rings. The third-order valence-electron chi connectivity index (χ3n) is 1.75. The minimum atomic E-state index is -0.752. The molecule has 1 heteroatoms. The predicted octanol–water partition coefficient (Wildman–Crippen LogP) is 2.43. The van der Waals surface area contributed by atoms with Gasteiger partial charge in [0.25, 0.3) is 0 Å². The monoisotopic (exact) mass is 152 g/mol. The maximum Gasteiger partial charge on any atom is 0.0800 e. The fraction of sp³-hybridized carbons (Fsp3) is 0.500. The Kier molecular flexibility index (Phi) is 3.88. The normalized spacial score (nSPS) is 14.8. The average Bonchev–Trinajstić information content (AvgIpc) is 2.00. The Morgan fingerprint density at radius 1 is 1.73 bits per heavy atom. The molecule has 1 N–H and O–H groups in total. The van der Waals surface area contributed by atoms with Crippen LogP contribution in [0.4, 0.5) is 0 Å². The summed E-state index contributed by atoms with van der Waals surface area (Å²) in [4.78, 5) is 0. The van der Waals surface area contributed by atoms with Gasteiger partial charge in [0.2, 0.25) is 0 Å². The zero-order valence-corrected chi connectivity index (χ0v) is 7.35. The van der Waals surface area contributed by atoms with Crippen molar-refractivity contribution < 1.29 is 5.11 Å². The Morgan fingerprint density at radius 3 is 2.64 bits per heavy atom. The van der Waals surface area contributed by atoms with Gasteiger partial charge in [-0.05, 0) is 32.3 Å². The Balaban J connectivity index is 3.88. The molecule has 0 aromatic heterocycles. The second kappa shape index (κ2) is 4.17. The summed E-state index contributed by atoms with van der Waals surface area (Å²) in [6.07, 6.45) is 3.07. The van der Waals surface area contributed by atoms with Crippen molar-refractivity contribution in [3.8, 4) is 0 Å². The van der Waals surface area contributed by atoms with E-state index in [-0.39, 0.29) is 0 Å². The van der Waals surface area contributed by atoms with E-state index in [1.165, 1.54) is 0 Å². The van der Waals surface area contributed by atoms with Crippen molar-refractivity contribution in [2.45, 2.75) is 32.3 Å². The highest BCUT2D eigenvalue weighted by Crippen LogP contribution is 2.15. The summed E-state index contributed by atoms with van der Waals surface area (Å²) in [7, 11) is 0. The molecule has 0 aromatic carbocycles. The van der Waals surface area contributed by atoms with Gasteiger partial charge in [-0.25, -0.2) is 0 Å². The Bertz CT molecular complexity index is 183. The molecule has 0 spiro atoms. The first-order valence-corrected chi connectivity index (χ1v) is 3.73. The van der Waals surface area contributed by atoms with Crippen molar-refractivity contribution in [2.24, 2.45) is 0 Å². The molecule has 0 radical (unpaired) electrons. The zero-order chi connectivity index (χ0) is 8.91. The summed E-state index contributed by atoms with van der Waals surface area (Å²) in [6.45, 7) is 10.8. The van der Waals surface area contributed by atoms with Crippen LogP contribution in [0.15, 0.2) is 30.5 Å². The SMILES string of the molecule is C=C=C(C)CCC(C)(O)C=C. The lowest BCUT2D eigenvalue weighted by Gasteiger charge is -2.17. The first-order valence-electron chi connectivity index (χ1n) is 3.73. The highest BCUT2D eigenvalue weighted by molar-refractivity contribution is 4.99. The summed E-state index contributed by atoms with van der Waals surface area (Å²) in [5.74, 6) is 0. The van der Waals surface area contributed by atoms with Crippen molar-refractivity contribution in [3.63, 3.8) is 0 Å². The number of allylic oxidation sites excluding steroid dienone is 1. The summed E-state index contributed by atoms with van der Waals surface area (Å²) in [5, 5.41) is 9.49. The number of hydrogen-bond acceptors (Lipinski definition) is 1. The van der Waals surface area contributed by atoms with Crippen molar-refractivity contribution >= 4 is 0 Å². The minimum absolute atomic E-state index is 0.685. The van der Waals surface area contributed by atoms with Crippen LogP contribution in [0.3, 0.4) is 0 Å². The minimum Gasteiger partial charge on any atom is -0.386 e. The highest BCUT2D eigenvalue weighted by Gasteiger charge is 2.14. The lowest BCUT2D eigenvalue weighted by Crippen LogP contribution is -2.19. The van der Waals surface area contributed by atoms with E-state index >= 15 is 0 Å². The molecule has 0 saturated heterocycles. The maximum absolute atomic E-state index is 9.49. The number of rotatable bonds is 4. The fourth-order valence-electron chi connectivity index (χ4n) is 0.631. The van der Waals surface area contributed by atoms with E-state index in [1.807, 2.05) is 6.92 Å². The maximum atomic E-state index is 9.49. The van der Waals surface area contributed by atoms with E-state index in [2.05, 4.69) is 18.9 Å². The lowest BCUT2D eigenvalue weighted by atomic mass is 9.98. The van der Waals surface area contributed by atoms with Gasteiger partial charge in [-0.1, -0.05) is 12.7 Å². The molecule has 1 nitrogen and oxygen atoms in total. The number of aliphatic hydroxyl groups is 1. The molecule has 0 aliphatic carbocycles. The van der Waals surface area contributed by atoms with Crippen LogP contribution in [0.2, 0.25) is 0 Å². The Labute approximate surface area is 68.7 Å². The van der Waals surface area contributed by atoms with Gasteiger partial charge in [0.15, 0.2) is 0 Å². The molecule has 0 rings (SSSR count). The van der Waals surface area contributed by atoms with Gasteiger partial charge < -0.3 is 5.11 Å². The van der Waals surface area contributed by atoms with Crippen molar-refractivity contribution in [1.82, 2.24) is 0 Å². The van der Waals surface area contributed by atoms with E-state index in [0.29, 0.717) is 6.42 Å². The number of hydrogen-bond donors (Lipinski definition) is 1. The molecule has 1 unspecified atom stereocenters. The van der Waals surface area contributed by atoms with Crippen LogP contribution in [0.25, 0.3) is 0 Å². The molecular formula is C10H16O. The zero-order valence-electron chi connectivity index (χ0n) is 7.35. The summed E-state index contributed by atoms with van der Waals surface area (Å²) in [5.41, 5.74) is 3.11. The topological polar surface area (TPSA) is 20.2 Å². The molecule has 0 bridgehead atoms. The van der Waals surface area contributed by atoms with Gasteiger partial charge in [-0.3, -0.25) is 0 Å².